The van der Waals surface area contributed by atoms with Crippen LogP contribution in [0, 0.1) is 5.92 Å². The topological polar surface area (TPSA) is 49.3 Å². The Morgan fingerprint density at radius 3 is 2.79 bits per heavy atom. The summed E-state index contributed by atoms with van der Waals surface area (Å²) in [5.74, 6) is 0.235. The van der Waals surface area contributed by atoms with Crippen molar-refractivity contribution in [3.8, 4) is 0 Å². The van der Waals surface area contributed by atoms with Crippen LogP contribution in [0.3, 0.4) is 0 Å². The molecule has 1 aromatic carbocycles. The lowest BCUT2D eigenvalue weighted by molar-refractivity contribution is -0.121. The number of aliphatic hydroxyl groups excluding tert-OH is 1. The zero-order chi connectivity index (χ0) is 14.3. The maximum atomic E-state index is 11.6. The fourth-order valence-electron chi connectivity index (χ4n) is 1.73. The van der Waals surface area contributed by atoms with Crippen LogP contribution in [0.25, 0.3) is 0 Å². The van der Waals surface area contributed by atoms with Gasteiger partial charge in [0.05, 0.1) is 6.10 Å². The molecule has 106 valence electrons. The predicted octanol–water partition coefficient (Wildman–Crippen LogP) is 2.80. The SMILES string of the molecule is CC(C)C(O)CCNC(=O)CCc1cccc(Cl)c1. The van der Waals surface area contributed by atoms with E-state index >= 15 is 0 Å². The molecule has 0 heterocycles. The summed E-state index contributed by atoms with van der Waals surface area (Å²) in [6.07, 6.45) is 1.37. The van der Waals surface area contributed by atoms with E-state index in [0.29, 0.717) is 30.8 Å². The van der Waals surface area contributed by atoms with Crippen molar-refractivity contribution >= 4 is 17.5 Å². The smallest absolute Gasteiger partial charge is 0.220 e. The molecule has 1 rings (SSSR count). The van der Waals surface area contributed by atoms with Crippen LogP contribution < -0.4 is 5.32 Å². The van der Waals surface area contributed by atoms with Crippen molar-refractivity contribution in [1.29, 1.82) is 0 Å². The molecule has 0 aliphatic rings. The molecular formula is C15H22ClNO2. The number of halogens is 1. The van der Waals surface area contributed by atoms with Crippen molar-refractivity contribution in [2.45, 2.75) is 39.2 Å². The monoisotopic (exact) mass is 283 g/mol. The number of carbonyl (C=O) groups is 1. The van der Waals surface area contributed by atoms with Gasteiger partial charge in [-0.1, -0.05) is 37.6 Å². The first-order valence-electron chi connectivity index (χ1n) is 6.68. The van der Waals surface area contributed by atoms with Crippen LogP contribution in [0.5, 0.6) is 0 Å². The number of aliphatic hydroxyl groups is 1. The Bertz CT molecular complexity index is 407. The second-order valence-electron chi connectivity index (χ2n) is 5.08. The highest BCUT2D eigenvalue weighted by Gasteiger charge is 2.09. The quantitative estimate of drug-likeness (QED) is 0.808. The Kier molecular flexibility index (Phi) is 6.89. The Morgan fingerprint density at radius 1 is 1.42 bits per heavy atom. The van der Waals surface area contributed by atoms with E-state index in [1.54, 1.807) is 0 Å². The molecule has 1 unspecified atom stereocenters. The molecule has 1 amide bonds. The molecule has 0 bridgehead atoms. The highest BCUT2D eigenvalue weighted by Crippen LogP contribution is 2.12. The average molecular weight is 284 g/mol. The highest BCUT2D eigenvalue weighted by atomic mass is 35.5. The van der Waals surface area contributed by atoms with E-state index in [1.165, 1.54) is 0 Å². The van der Waals surface area contributed by atoms with Gasteiger partial charge in [0.25, 0.3) is 0 Å². The van der Waals surface area contributed by atoms with Gasteiger partial charge in [0, 0.05) is 18.0 Å². The molecule has 2 N–H and O–H groups in total. The zero-order valence-electron chi connectivity index (χ0n) is 11.5. The molecule has 3 nitrogen and oxygen atoms in total. The summed E-state index contributed by atoms with van der Waals surface area (Å²) in [5.41, 5.74) is 1.06. The number of nitrogens with one attached hydrogen (secondary N) is 1. The summed E-state index contributed by atoms with van der Waals surface area (Å²) in [7, 11) is 0. The van der Waals surface area contributed by atoms with Crippen molar-refractivity contribution in [1.82, 2.24) is 5.32 Å². The van der Waals surface area contributed by atoms with E-state index in [4.69, 9.17) is 11.6 Å². The summed E-state index contributed by atoms with van der Waals surface area (Å²) in [4.78, 5) is 11.6. The Hall–Kier alpha value is -1.06. The van der Waals surface area contributed by atoms with Crippen molar-refractivity contribution in [2.75, 3.05) is 6.54 Å². The van der Waals surface area contributed by atoms with E-state index < -0.39 is 0 Å². The summed E-state index contributed by atoms with van der Waals surface area (Å²) < 4.78 is 0. The lowest BCUT2D eigenvalue weighted by Gasteiger charge is -2.14. The van der Waals surface area contributed by atoms with Gasteiger partial charge in [0.1, 0.15) is 0 Å². The van der Waals surface area contributed by atoms with E-state index in [9.17, 15) is 9.90 Å². The molecule has 0 fully saturated rings. The molecule has 4 heteroatoms. The van der Waals surface area contributed by atoms with Gasteiger partial charge in [-0.05, 0) is 36.5 Å². The third-order valence-corrected chi connectivity index (χ3v) is 3.30. The van der Waals surface area contributed by atoms with Crippen LogP contribution in [0.4, 0.5) is 0 Å². The molecule has 0 radical (unpaired) electrons. The number of benzene rings is 1. The minimum atomic E-state index is -0.353. The standard InChI is InChI=1S/C15H22ClNO2/c1-11(2)14(18)8-9-17-15(19)7-6-12-4-3-5-13(16)10-12/h3-5,10-11,14,18H,6-9H2,1-2H3,(H,17,19). The maximum absolute atomic E-state index is 11.6. The number of carbonyl (C=O) groups excluding carboxylic acids is 1. The molecule has 0 aliphatic carbocycles. The third kappa shape index (κ3) is 6.60. The van der Waals surface area contributed by atoms with E-state index in [1.807, 2.05) is 38.1 Å². The fraction of sp³-hybridized carbons (Fsp3) is 0.533. The van der Waals surface area contributed by atoms with Gasteiger partial charge in [-0.15, -0.1) is 0 Å². The highest BCUT2D eigenvalue weighted by molar-refractivity contribution is 6.30. The van der Waals surface area contributed by atoms with Gasteiger partial charge in [-0.3, -0.25) is 4.79 Å². The summed E-state index contributed by atoms with van der Waals surface area (Å²) >= 11 is 5.88. The van der Waals surface area contributed by atoms with Gasteiger partial charge in [0.2, 0.25) is 5.91 Å². The molecule has 0 saturated carbocycles. The van der Waals surface area contributed by atoms with Crippen LogP contribution in [0.15, 0.2) is 24.3 Å². The molecule has 0 saturated heterocycles. The second-order valence-corrected chi connectivity index (χ2v) is 5.52. The zero-order valence-corrected chi connectivity index (χ0v) is 12.3. The summed E-state index contributed by atoms with van der Waals surface area (Å²) in [6.45, 7) is 4.45. The van der Waals surface area contributed by atoms with Crippen LogP contribution >= 0.6 is 11.6 Å². The molecular weight excluding hydrogens is 262 g/mol. The van der Waals surface area contributed by atoms with Crippen molar-refractivity contribution in [2.24, 2.45) is 5.92 Å². The number of rotatable bonds is 7. The van der Waals surface area contributed by atoms with E-state index in [-0.39, 0.29) is 17.9 Å². The van der Waals surface area contributed by atoms with Crippen molar-refractivity contribution < 1.29 is 9.90 Å². The lowest BCUT2D eigenvalue weighted by atomic mass is 10.0. The van der Waals surface area contributed by atoms with Gasteiger partial charge in [-0.25, -0.2) is 0 Å². The first kappa shape index (κ1) is 16.0. The van der Waals surface area contributed by atoms with Gasteiger partial charge >= 0.3 is 0 Å². The van der Waals surface area contributed by atoms with Crippen LogP contribution in [0.1, 0.15) is 32.3 Å². The predicted molar refractivity (Wildman–Crippen MR) is 78.2 cm³/mol. The van der Waals surface area contributed by atoms with Gasteiger partial charge in [-0.2, -0.15) is 0 Å². The van der Waals surface area contributed by atoms with E-state index in [2.05, 4.69) is 5.32 Å². The summed E-state index contributed by atoms with van der Waals surface area (Å²) in [5, 5.41) is 13.1. The van der Waals surface area contributed by atoms with Gasteiger partial charge < -0.3 is 10.4 Å². The van der Waals surface area contributed by atoms with Crippen molar-refractivity contribution in [3.63, 3.8) is 0 Å². The minimum Gasteiger partial charge on any atom is -0.393 e. The molecule has 1 atom stereocenters. The molecule has 0 aliphatic heterocycles. The van der Waals surface area contributed by atoms with Gasteiger partial charge in [0.15, 0.2) is 0 Å². The molecule has 1 aromatic rings. The molecule has 0 aromatic heterocycles. The van der Waals surface area contributed by atoms with Crippen LogP contribution in [0.2, 0.25) is 5.02 Å². The Balaban J connectivity index is 2.21. The number of hydrogen-bond acceptors (Lipinski definition) is 2. The first-order chi connectivity index (χ1) is 8.99. The number of amides is 1. The van der Waals surface area contributed by atoms with E-state index in [0.717, 1.165) is 5.56 Å². The number of aryl methyl sites for hydroxylation is 1. The van der Waals surface area contributed by atoms with Crippen LogP contribution in [-0.2, 0) is 11.2 Å². The fourth-order valence-corrected chi connectivity index (χ4v) is 1.94. The third-order valence-electron chi connectivity index (χ3n) is 3.06. The Labute approximate surface area is 120 Å². The minimum absolute atomic E-state index is 0.0101. The average Bonchev–Trinajstić information content (AvgIpc) is 2.36. The molecule has 0 spiro atoms. The number of hydrogen-bond donors (Lipinski definition) is 2. The first-order valence-corrected chi connectivity index (χ1v) is 7.06. The molecule has 19 heavy (non-hydrogen) atoms. The van der Waals surface area contributed by atoms with Crippen LogP contribution in [-0.4, -0.2) is 23.7 Å². The normalized spacial score (nSPS) is 12.5. The maximum Gasteiger partial charge on any atom is 0.220 e. The lowest BCUT2D eigenvalue weighted by Crippen LogP contribution is -2.28. The largest absolute Gasteiger partial charge is 0.393 e. The Morgan fingerprint density at radius 2 is 2.16 bits per heavy atom. The van der Waals surface area contributed by atoms with Crippen molar-refractivity contribution in [3.05, 3.63) is 34.9 Å². The second kappa shape index (κ2) is 8.18. The summed E-state index contributed by atoms with van der Waals surface area (Å²) in [6, 6.07) is 7.53.